The van der Waals surface area contributed by atoms with E-state index in [-0.39, 0.29) is 0 Å². The molecule has 1 heterocycles. The molecule has 0 radical (unpaired) electrons. The monoisotopic (exact) mass is 302 g/mol. The fourth-order valence-electron chi connectivity index (χ4n) is 2.73. The number of anilines is 1. The molecule has 1 aromatic heterocycles. The van der Waals surface area contributed by atoms with Crippen molar-refractivity contribution in [1.29, 1.82) is 0 Å². The van der Waals surface area contributed by atoms with Crippen LogP contribution in [-0.2, 0) is 0 Å². The van der Waals surface area contributed by atoms with Gasteiger partial charge in [-0.25, -0.2) is 10.4 Å². The Kier molecular flexibility index (Phi) is 3.24. The lowest BCUT2D eigenvalue weighted by Crippen LogP contribution is -2.04. The van der Waals surface area contributed by atoms with Crippen molar-refractivity contribution in [3.8, 4) is 17.0 Å². The van der Waals surface area contributed by atoms with E-state index in [0.717, 1.165) is 16.8 Å². The minimum atomic E-state index is 0.402. The second kappa shape index (κ2) is 5.53. The van der Waals surface area contributed by atoms with Crippen LogP contribution < -0.4 is 10.2 Å². The Balaban J connectivity index is 1.76. The van der Waals surface area contributed by atoms with Crippen molar-refractivity contribution in [3.05, 3.63) is 71.9 Å². The number of ether oxygens (including phenoxy) is 1. The van der Waals surface area contributed by atoms with Crippen molar-refractivity contribution >= 4 is 11.7 Å². The zero-order chi connectivity index (χ0) is 15.6. The zero-order valence-electron chi connectivity index (χ0n) is 12.5. The number of rotatable bonds is 3. The molecule has 2 aromatic carbocycles. The van der Waals surface area contributed by atoms with Gasteiger partial charge in [-0.3, -0.25) is 0 Å². The van der Waals surface area contributed by atoms with Crippen LogP contribution in [0.25, 0.3) is 11.1 Å². The number of hydrogen-bond donors (Lipinski definition) is 1. The summed E-state index contributed by atoms with van der Waals surface area (Å²) < 4.78 is 5.10. The standard InChI is InChI=1S/C18H14N4O/c1-23-16-10-11-19-18(20-16)22-21-17-14-8-4-2-6-12(14)13-7-3-5-9-15(13)17/h2-11H,1H3,(H,19,20,22). The van der Waals surface area contributed by atoms with Gasteiger partial charge in [-0.05, 0) is 11.1 Å². The van der Waals surface area contributed by atoms with Gasteiger partial charge in [0, 0.05) is 23.4 Å². The molecule has 0 saturated heterocycles. The third kappa shape index (κ3) is 2.32. The molecule has 0 unspecified atom stereocenters. The largest absolute Gasteiger partial charge is 0.481 e. The maximum Gasteiger partial charge on any atom is 0.246 e. The molecule has 112 valence electrons. The smallest absolute Gasteiger partial charge is 0.246 e. The van der Waals surface area contributed by atoms with Crippen LogP contribution in [0, 0.1) is 0 Å². The highest BCUT2D eigenvalue weighted by atomic mass is 16.5. The Labute approximate surface area is 133 Å². The van der Waals surface area contributed by atoms with E-state index in [9.17, 15) is 0 Å². The molecule has 4 rings (SSSR count). The number of aromatic nitrogens is 2. The molecule has 0 spiro atoms. The summed E-state index contributed by atoms with van der Waals surface area (Å²) in [5.41, 5.74) is 8.40. The molecule has 23 heavy (non-hydrogen) atoms. The number of methoxy groups -OCH3 is 1. The first kappa shape index (κ1) is 13.5. The lowest BCUT2D eigenvalue weighted by molar-refractivity contribution is 0.397. The van der Waals surface area contributed by atoms with Crippen LogP contribution in [0.2, 0.25) is 0 Å². The number of benzene rings is 2. The Hall–Kier alpha value is -3.21. The first-order valence-electron chi connectivity index (χ1n) is 7.27. The van der Waals surface area contributed by atoms with Crippen molar-refractivity contribution in [3.63, 3.8) is 0 Å². The molecule has 0 amide bonds. The third-order valence-corrected chi connectivity index (χ3v) is 3.76. The zero-order valence-corrected chi connectivity index (χ0v) is 12.5. The van der Waals surface area contributed by atoms with Crippen LogP contribution in [0.15, 0.2) is 65.9 Å². The summed E-state index contributed by atoms with van der Waals surface area (Å²) in [4.78, 5) is 8.36. The number of fused-ring (bicyclic) bond motifs is 3. The lowest BCUT2D eigenvalue weighted by atomic mass is 10.1. The van der Waals surface area contributed by atoms with Crippen molar-refractivity contribution in [2.75, 3.05) is 12.5 Å². The van der Waals surface area contributed by atoms with Gasteiger partial charge in [0.25, 0.3) is 0 Å². The van der Waals surface area contributed by atoms with Crippen molar-refractivity contribution in [2.24, 2.45) is 5.10 Å². The van der Waals surface area contributed by atoms with E-state index >= 15 is 0 Å². The molecule has 1 N–H and O–H groups in total. The number of nitrogens with one attached hydrogen (secondary N) is 1. The summed E-state index contributed by atoms with van der Waals surface area (Å²) in [5, 5.41) is 4.54. The van der Waals surface area contributed by atoms with E-state index in [2.05, 4.69) is 44.8 Å². The van der Waals surface area contributed by atoms with Gasteiger partial charge in [0.05, 0.1) is 12.8 Å². The van der Waals surface area contributed by atoms with E-state index in [0.29, 0.717) is 11.8 Å². The molecular weight excluding hydrogens is 288 g/mol. The van der Waals surface area contributed by atoms with Crippen LogP contribution in [0.3, 0.4) is 0 Å². The van der Waals surface area contributed by atoms with Crippen LogP contribution in [0.4, 0.5) is 5.95 Å². The summed E-state index contributed by atoms with van der Waals surface area (Å²) in [5.74, 6) is 0.897. The minimum absolute atomic E-state index is 0.402. The van der Waals surface area contributed by atoms with Gasteiger partial charge >= 0.3 is 0 Å². The second-order valence-corrected chi connectivity index (χ2v) is 5.09. The second-order valence-electron chi connectivity index (χ2n) is 5.09. The molecule has 1 aliphatic rings. The van der Waals surface area contributed by atoms with E-state index in [1.54, 1.807) is 19.4 Å². The Bertz CT molecular complexity index is 857. The van der Waals surface area contributed by atoms with E-state index in [1.807, 2.05) is 24.3 Å². The first-order chi connectivity index (χ1) is 11.4. The summed E-state index contributed by atoms with van der Waals surface area (Å²) in [6, 6.07) is 18.2. The van der Waals surface area contributed by atoms with Crippen LogP contribution in [0.1, 0.15) is 11.1 Å². The molecule has 0 aliphatic heterocycles. The number of nitrogens with zero attached hydrogens (tertiary/aromatic N) is 3. The maximum absolute atomic E-state index is 5.10. The van der Waals surface area contributed by atoms with Crippen molar-refractivity contribution in [1.82, 2.24) is 9.97 Å². The highest BCUT2D eigenvalue weighted by Crippen LogP contribution is 2.36. The normalized spacial score (nSPS) is 11.6. The third-order valence-electron chi connectivity index (χ3n) is 3.76. The molecule has 0 fully saturated rings. The first-order valence-corrected chi connectivity index (χ1v) is 7.27. The molecular formula is C18H14N4O. The van der Waals surface area contributed by atoms with Gasteiger partial charge in [0.2, 0.25) is 11.8 Å². The molecule has 5 nitrogen and oxygen atoms in total. The summed E-state index contributed by atoms with van der Waals surface area (Å²) in [6.45, 7) is 0. The van der Waals surface area contributed by atoms with Gasteiger partial charge in [0.15, 0.2) is 0 Å². The fourth-order valence-corrected chi connectivity index (χ4v) is 2.73. The van der Waals surface area contributed by atoms with Crippen LogP contribution in [0.5, 0.6) is 5.88 Å². The van der Waals surface area contributed by atoms with Crippen molar-refractivity contribution < 1.29 is 4.74 Å². The average Bonchev–Trinajstić information content (AvgIpc) is 2.94. The van der Waals surface area contributed by atoms with Crippen LogP contribution in [-0.4, -0.2) is 22.8 Å². The predicted octanol–water partition coefficient (Wildman–Crippen LogP) is 3.33. The number of hydrazone groups is 1. The van der Waals surface area contributed by atoms with E-state index < -0.39 is 0 Å². The van der Waals surface area contributed by atoms with Gasteiger partial charge in [0.1, 0.15) is 0 Å². The molecule has 5 heteroatoms. The van der Waals surface area contributed by atoms with Gasteiger partial charge in [-0.1, -0.05) is 48.5 Å². The van der Waals surface area contributed by atoms with Crippen LogP contribution >= 0.6 is 0 Å². The highest BCUT2D eigenvalue weighted by molar-refractivity contribution is 6.24. The maximum atomic E-state index is 5.10. The Morgan fingerprint density at radius 2 is 1.48 bits per heavy atom. The molecule has 0 bridgehead atoms. The Morgan fingerprint density at radius 1 is 0.870 bits per heavy atom. The van der Waals surface area contributed by atoms with E-state index in [4.69, 9.17) is 4.74 Å². The fraction of sp³-hybridized carbons (Fsp3) is 0.0556. The molecule has 1 aliphatic carbocycles. The lowest BCUT2D eigenvalue weighted by Gasteiger charge is -2.04. The minimum Gasteiger partial charge on any atom is -0.481 e. The topological polar surface area (TPSA) is 59.4 Å². The van der Waals surface area contributed by atoms with Gasteiger partial charge < -0.3 is 4.74 Å². The summed E-state index contributed by atoms with van der Waals surface area (Å²) >= 11 is 0. The highest BCUT2D eigenvalue weighted by Gasteiger charge is 2.23. The van der Waals surface area contributed by atoms with Gasteiger partial charge in [-0.15, -0.1) is 0 Å². The SMILES string of the molecule is COc1ccnc(NN=C2c3ccccc3-c3ccccc32)n1. The summed E-state index contributed by atoms with van der Waals surface area (Å²) in [6.07, 6.45) is 1.63. The van der Waals surface area contributed by atoms with Crippen molar-refractivity contribution in [2.45, 2.75) is 0 Å². The molecule has 3 aromatic rings. The molecule has 0 atom stereocenters. The predicted molar refractivity (Wildman–Crippen MR) is 89.7 cm³/mol. The Morgan fingerprint density at radius 3 is 2.09 bits per heavy atom. The summed E-state index contributed by atoms with van der Waals surface area (Å²) in [7, 11) is 1.57. The average molecular weight is 302 g/mol. The van der Waals surface area contributed by atoms with E-state index in [1.165, 1.54) is 11.1 Å². The quantitative estimate of drug-likeness (QED) is 0.590. The number of hydrogen-bond acceptors (Lipinski definition) is 5. The van der Waals surface area contributed by atoms with Gasteiger partial charge in [-0.2, -0.15) is 10.1 Å². The molecule has 0 saturated carbocycles.